The lowest BCUT2D eigenvalue weighted by Crippen LogP contribution is -2.37. The molecular weight excluding hydrogens is 328 g/mol. The van der Waals surface area contributed by atoms with Gasteiger partial charge in [0, 0.05) is 12.2 Å². The molecule has 3 aromatic rings. The van der Waals surface area contributed by atoms with Gasteiger partial charge in [0.15, 0.2) is 0 Å². The Hall–Kier alpha value is -3.46. The minimum absolute atomic E-state index is 0.129. The summed E-state index contributed by atoms with van der Waals surface area (Å²) in [6.45, 7) is 2.05. The molecule has 0 fully saturated rings. The molecule has 130 valence electrons. The molecule has 1 aromatic heterocycles. The Bertz CT molecular complexity index is 1040. The topological polar surface area (TPSA) is 79.0 Å². The van der Waals surface area contributed by atoms with E-state index in [1.54, 1.807) is 24.3 Å². The molecule has 6 nitrogen and oxygen atoms in total. The summed E-state index contributed by atoms with van der Waals surface area (Å²) < 4.78 is 1.31. The molecule has 0 aliphatic carbocycles. The van der Waals surface area contributed by atoms with Gasteiger partial charge in [-0.05, 0) is 31.2 Å². The molecule has 1 amide bonds. The van der Waals surface area contributed by atoms with Crippen molar-refractivity contribution in [2.75, 3.05) is 11.4 Å². The van der Waals surface area contributed by atoms with E-state index in [-0.39, 0.29) is 31.0 Å². The summed E-state index contributed by atoms with van der Waals surface area (Å²) in [5, 5.41) is 9.36. The van der Waals surface area contributed by atoms with Gasteiger partial charge in [0.1, 0.15) is 6.54 Å². The highest BCUT2D eigenvalue weighted by Gasteiger charge is 2.17. The van der Waals surface area contributed by atoms with Crippen molar-refractivity contribution >= 4 is 22.5 Å². The number of amides is 1. The number of nitrogens with zero attached hydrogens (tertiary/aromatic N) is 4. The van der Waals surface area contributed by atoms with Gasteiger partial charge < -0.3 is 4.90 Å². The molecule has 0 unspecified atom stereocenters. The van der Waals surface area contributed by atoms with E-state index < -0.39 is 0 Å². The molecule has 0 radical (unpaired) electrons. The number of hydrogen-bond donors (Lipinski definition) is 0. The maximum Gasteiger partial charge on any atom is 0.261 e. The minimum Gasteiger partial charge on any atom is -0.310 e. The minimum atomic E-state index is -0.262. The van der Waals surface area contributed by atoms with Crippen molar-refractivity contribution in [1.82, 2.24) is 9.55 Å². The molecule has 0 bridgehead atoms. The van der Waals surface area contributed by atoms with Gasteiger partial charge in [-0.15, -0.1) is 0 Å². The zero-order valence-corrected chi connectivity index (χ0v) is 14.4. The Kier molecular flexibility index (Phi) is 5.09. The number of aromatic nitrogens is 2. The van der Waals surface area contributed by atoms with Crippen LogP contribution in [0.4, 0.5) is 5.69 Å². The number of carbonyl (C=O) groups excluding carboxylic acids is 1. The third-order valence-electron chi connectivity index (χ3n) is 4.10. The standard InChI is InChI=1S/C20H18N4O2/c1-15-8-9-18-17(12-15)20(26)23(14-22-18)13-19(25)24(11-5-10-21)16-6-3-2-4-7-16/h2-4,6-9,12,14H,5,11,13H2,1H3. The van der Waals surface area contributed by atoms with Crippen LogP contribution >= 0.6 is 0 Å². The normalized spacial score (nSPS) is 10.5. The number of aryl methyl sites for hydroxylation is 1. The zero-order chi connectivity index (χ0) is 18.5. The van der Waals surface area contributed by atoms with Crippen LogP contribution in [0.2, 0.25) is 0 Å². The van der Waals surface area contributed by atoms with Crippen molar-refractivity contribution in [3.8, 4) is 6.07 Å². The van der Waals surface area contributed by atoms with Crippen LogP contribution in [-0.2, 0) is 11.3 Å². The first kappa shape index (κ1) is 17.4. The highest BCUT2D eigenvalue weighted by atomic mass is 16.2. The number of fused-ring (bicyclic) bond motifs is 1. The Labute approximate surface area is 150 Å². The van der Waals surface area contributed by atoms with E-state index in [1.807, 2.05) is 31.2 Å². The third kappa shape index (κ3) is 3.62. The quantitative estimate of drug-likeness (QED) is 0.711. The van der Waals surface area contributed by atoms with Gasteiger partial charge in [0.05, 0.1) is 29.7 Å². The fraction of sp³-hybridized carbons (Fsp3) is 0.200. The number of benzene rings is 2. The summed E-state index contributed by atoms with van der Waals surface area (Å²) in [6, 6.07) is 16.6. The van der Waals surface area contributed by atoms with Gasteiger partial charge in [-0.3, -0.25) is 14.2 Å². The predicted octanol–water partition coefficient (Wildman–Crippen LogP) is 2.65. The smallest absolute Gasteiger partial charge is 0.261 e. The first-order chi connectivity index (χ1) is 12.6. The van der Waals surface area contributed by atoms with Crippen molar-refractivity contribution in [3.63, 3.8) is 0 Å². The average Bonchev–Trinajstić information content (AvgIpc) is 2.65. The van der Waals surface area contributed by atoms with Crippen LogP contribution in [0, 0.1) is 18.3 Å². The van der Waals surface area contributed by atoms with E-state index in [1.165, 1.54) is 15.8 Å². The second-order valence-corrected chi connectivity index (χ2v) is 5.99. The number of carbonyl (C=O) groups is 1. The number of anilines is 1. The van der Waals surface area contributed by atoms with E-state index in [4.69, 9.17) is 5.26 Å². The van der Waals surface area contributed by atoms with Crippen LogP contribution < -0.4 is 10.5 Å². The van der Waals surface area contributed by atoms with Crippen LogP contribution in [0.1, 0.15) is 12.0 Å². The number of nitriles is 1. The molecule has 26 heavy (non-hydrogen) atoms. The number of rotatable bonds is 5. The summed E-state index contributed by atoms with van der Waals surface area (Å²) >= 11 is 0. The van der Waals surface area contributed by atoms with Gasteiger partial charge in [0.2, 0.25) is 5.91 Å². The van der Waals surface area contributed by atoms with Gasteiger partial charge in [-0.2, -0.15) is 5.26 Å². The molecule has 2 aromatic carbocycles. The largest absolute Gasteiger partial charge is 0.310 e. The first-order valence-corrected chi connectivity index (χ1v) is 8.28. The molecule has 6 heteroatoms. The molecule has 1 heterocycles. The first-order valence-electron chi connectivity index (χ1n) is 8.28. The molecule has 0 N–H and O–H groups in total. The lowest BCUT2D eigenvalue weighted by atomic mass is 10.2. The van der Waals surface area contributed by atoms with Crippen LogP contribution in [-0.4, -0.2) is 22.0 Å². The van der Waals surface area contributed by atoms with Crippen molar-refractivity contribution in [2.45, 2.75) is 19.9 Å². The van der Waals surface area contributed by atoms with Crippen molar-refractivity contribution in [3.05, 3.63) is 70.8 Å². The maximum atomic E-state index is 12.8. The van der Waals surface area contributed by atoms with Crippen LogP contribution in [0.3, 0.4) is 0 Å². The molecule has 0 aliphatic heterocycles. The van der Waals surface area contributed by atoms with E-state index in [0.717, 1.165) is 5.56 Å². The molecular formula is C20H18N4O2. The Morgan fingerprint density at radius 1 is 1.23 bits per heavy atom. The SMILES string of the molecule is Cc1ccc2ncn(CC(=O)N(CCC#N)c3ccccc3)c(=O)c2c1. The van der Waals surface area contributed by atoms with Crippen molar-refractivity contribution < 1.29 is 4.79 Å². The zero-order valence-electron chi connectivity index (χ0n) is 14.4. The Morgan fingerprint density at radius 3 is 2.73 bits per heavy atom. The second kappa shape index (κ2) is 7.62. The molecule has 3 rings (SSSR count). The fourth-order valence-corrected chi connectivity index (χ4v) is 2.78. The summed E-state index contributed by atoms with van der Waals surface area (Å²) in [6.07, 6.45) is 1.61. The lowest BCUT2D eigenvalue weighted by Gasteiger charge is -2.22. The third-order valence-corrected chi connectivity index (χ3v) is 4.10. The predicted molar refractivity (Wildman–Crippen MR) is 99.8 cm³/mol. The summed E-state index contributed by atoms with van der Waals surface area (Å²) in [4.78, 5) is 31.3. The average molecular weight is 346 g/mol. The van der Waals surface area contributed by atoms with Gasteiger partial charge in [0.25, 0.3) is 5.56 Å². The monoisotopic (exact) mass is 346 g/mol. The van der Waals surface area contributed by atoms with Gasteiger partial charge >= 0.3 is 0 Å². The molecule has 0 spiro atoms. The highest BCUT2D eigenvalue weighted by Crippen LogP contribution is 2.15. The second-order valence-electron chi connectivity index (χ2n) is 5.99. The van der Waals surface area contributed by atoms with Crippen molar-refractivity contribution in [2.24, 2.45) is 0 Å². The Morgan fingerprint density at radius 2 is 2.00 bits per heavy atom. The van der Waals surface area contributed by atoms with E-state index in [0.29, 0.717) is 16.6 Å². The molecule has 0 aliphatic rings. The maximum absolute atomic E-state index is 12.8. The van der Waals surface area contributed by atoms with Gasteiger partial charge in [-0.25, -0.2) is 4.98 Å². The summed E-state index contributed by atoms with van der Waals surface area (Å²) in [7, 11) is 0. The van der Waals surface area contributed by atoms with Crippen LogP contribution in [0.15, 0.2) is 59.7 Å². The van der Waals surface area contributed by atoms with E-state index >= 15 is 0 Å². The van der Waals surface area contributed by atoms with Gasteiger partial charge in [-0.1, -0.05) is 29.8 Å². The van der Waals surface area contributed by atoms with Crippen LogP contribution in [0.25, 0.3) is 10.9 Å². The number of hydrogen-bond acceptors (Lipinski definition) is 4. The van der Waals surface area contributed by atoms with E-state index in [9.17, 15) is 9.59 Å². The Balaban J connectivity index is 1.92. The summed E-state index contributed by atoms with van der Waals surface area (Å²) in [5.41, 5.74) is 2.01. The van der Waals surface area contributed by atoms with Crippen molar-refractivity contribution in [1.29, 1.82) is 5.26 Å². The number of para-hydroxylation sites is 1. The molecule has 0 saturated carbocycles. The van der Waals surface area contributed by atoms with Crippen LogP contribution in [0.5, 0.6) is 0 Å². The fourth-order valence-electron chi connectivity index (χ4n) is 2.78. The van der Waals surface area contributed by atoms with E-state index in [2.05, 4.69) is 11.1 Å². The highest BCUT2D eigenvalue weighted by molar-refractivity contribution is 5.93. The molecule has 0 saturated heterocycles. The lowest BCUT2D eigenvalue weighted by molar-refractivity contribution is -0.119. The molecule has 0 atom stereocenters. The summed E-state index contributed by atoms with van der Waals surface area (Å²) in [5.74, 6) is -0.262.